The summed E-state index contributed by atoms with van der Waals surface area (Å²) < 4.78 is 88.7. The molecule has 4 rings (SSSR count). The van der Waals surface area contributed by atoms with Crippen molar-refractivity contribution < 1.29 is 30.7 Å². The molecule has 1 aliphatic carbocycles. The van der Waals surface area contributed by atoms with Gasteiger partial charge in [-0.05, 0) is 18.9 Å². The predicted octanol–water partition coefficient (Wildman–Crippen LogP) is 2.15. The number of imidazole rings is 1. The van der Waals surface area contributed by atoms with Gasteiger partial charge in [-0.15, -0.1) is 10.2 Å². The highest BCUT2D eigenvalue weighted by atomic mass is 32.2. The first-order chi connectivity index (χ1) is 15.1. The molecule has 0 saturated heterocycles. The van der Waals surface area contributed by atoms with Gasteiger partial charge in [0.2, 0.25) is 15.2 Å². The third-order valence-electron chi connectivity index (χ3n) is 5.06. The molecule has 1 N–H and O–H groups in total. The quantitative estimate of drug-likeness (QED) is 0.456. The van der Waals surface area contributed by atoms with Crippen LogP contribution >= 0.6 is 11.3 Å². The Hall–Kier alpha value is -2.36. The highest BCUT2D eigenvalue weighted by molar-refractivity contribution is 7.89. The molecule has 2 heterocycles. The van der Waals surface area contributed by atoms with Gasteiger partial charge in [0.25, 0.3) is 6.43 Å². The number of ether oxygens (including phenoxy) is 1. The van der Waals surface area contributed by atoms with E-state index < -0.39 is 50.1 Å². The molecule has 0 bridgehead atoms. The summed E-state index contributed by atoms with van der Waals surface area (Å²) in [7, 11) is -3.10. The molecule has 32 heavy (non-hydrogen) atoms. The first-order valence-corrected chi connectivity index (χ1v) is 11.6. The van der Waals surface area contributed by atoms with E-state index in [0.717, 1.165) is 21.3 Å². The van der Waals surface area contributed by atoms with Crippen molar-refractivity contribution in [3.8, 4) is 5.13 Å². The Morgan fingerprint density at radius 2 is 2.00 bits per heavy atom. The van der Waals surface area contributed by atoms with Crippen molar-refractivity contribution in [1.82, 2.24) is 24.1 Å². The standard InChI is InChI=1S/C17H17F4N5O4S2/c1-30-5-4-25-10-6-9(19)12(32(28,29)24-17(8-18)2-3-17)7-11(10)26(16(25)27)15-23-22-14(31-15)13(20)21/h6-7,13,24H,2-5,8H2,1H3. The molecule has 1 aliphatic rings. The Morgan fingerprint density at radius 1 is 1.28 bits per heavy atom. The number of nitrogens with one attached hydrogen (secondary N) is 1. The van der Waals surface area contributed by atoms with Crippen LogP contribution in [0.3, 0.4) is 0 Å². The van der Waals surface area contributed by atoms with E-state index in [2.05, 4.69) is 14.9 Å². The molecule has 0 spiro atoms. The average molecular weight is 495 g/mol. The zero-order valence-electron chi connectivity index (χ0n) is 16.5. The van der Waals surface area contributed by atoms with Gasteiger partial charge in [0.1, 0.15) is 17.4 Å². The van der Waals surface area contributed by atoms with Crippen LogP contribution in [-0.2, 0) is 21.3 Å². The van der Waals surface area contributed by atoms with Crippen LogP contribution in [0, 0.1) is 5.82 Å². The predicted molar refractivity (Wildman–Crippen MR) is 106 cm³/mol. The summed E-state index contributed by atoms with van der Waals surface area (Å²) in [5.74, 6) is -1.16. The van der Waals surface area contributed by atoms with Gasteiger partial charge in [-0.3, -0.25) is 4.57 Å². The van der Waals surface area contributed by atoms with E-state index in [9.17, 15) is 30.8 Å². The van der Waals surface area contributed by atoms with Crippen LogP contribution in [0.25, 0.3) is 16.2 Å². The molecule has 0 amide bonds. The number of hydrogen-bond acceptors (Lipinski definition) is 7. The number of rotatable bonds is 9. The van der Waals surface area contributed by atoms with Gasteiger partial charge in [0.15, 0.2) is 5.01 Å². The van der Waals surface area contributed by atoms with E-state index in [4.69, 9.17) is 4.74 Å². The topological polar surface area (TPSA) is 108 Å². The summed E-state index contributed by atoms with van der Waals surface area (Å²) in [6, 6.07) is 1.75. The van der Waals surface area contributed by atoms with Gasteiger partial charge >= 0.3 is 5.69 Å². The molecule has 0 radical (unpaired) electrons. The van der Waals surface area contributed by atoms with Crippen molar-refractivity contribution in [2.45, 2.75) is 36.2 Å². The minimum atomic E-state index is -4.48. The highest BCUT2D eigenvalue weighted by Gasteiger charge is 2.47. The SMILES string of the molecule is COCCn1c(=O)n(-c2nnc(C(F)F)s2)c2cc(S(=O)(=O)NC3(CF)CC3)c(F)cc21. The van der Waals surface area contributed by atoms with Gasteiger partial charge in [-0.2, -0.15) is 0 Å². The largest absolute Gasteiger partial charge is 0.383 e. The number of alkyl halides is 3. The molecular formula is C17H17F4N5O4S2. The van der Waals surface area contributed by atoms with Crippen LogP contribution < -0.4 is 10.4 Å². The van der Waals surface area contributed by atoms with Crippen LogP contribution in [0.5, 0.6) is 0 Å². The first-order valence-electron chi connectivity index (χ1n) is 9.28. The molecule has 174 valence electrons. The fourth-order valence-corrected chi connectivity index (χ4v) is 5.43. The van der Waals surface area contributed by atoms with Crippen molar-refractivity contribution in [3.05, 3.63) is 33.4 Å². The van der Waals surface area contributed by atoms with Crippen molar-refractivity contribution in [1.29, 1.82) is 0 Å². The fourth-order valence-electron chi connectivity index (χ4n) is 3.20. The van der Waals surface area contributed by atoms with Crippen LogP contribution in [0.15, 0.2) is 21.8 Å². The maximum atomic E-state index is 14.9. The summed E-state index contributed by atoms with van der Waals surface area (Å²) >= 11 is 0.439. The number of methoxy groups -OCH3 is 1. The summed E-state index contributed by atoms with van der Waals surface area (Å²) in [4.78, 5) is 12.2. The zero-order chi connectivity index (χ0) is 23.3. The van der Waals surface area contributed by atoms with E-state index in [-0.39, 0.29) is 42.2 Å². The molecule has 2 aromatic heterocycles. The van der Waals surface area contributed by atoms with E-state index in [1.165, 1.54) is 7.11 Å². The summed E-state index contributed by atoms with van der Waals surface area (Å²) in [6.07, 6.45) is -2.38. The molecule has 0 unspecified atom stereocenters. The second-order valence-corrected chi connectivity index (χ2v) is 9.92. The molecule has 1 aromatic carbocycles. The van der Waals surface area contributed by atoms with Crippen LogP contribution in [0.2, 0.25) is 0 Å². The summed E-state index contributed by atoms with van der Waals surface area (Å²) in [6.45, 7) is -0.900. The lowest BCUT2D eigenvalue weighted by molar-refractivity contribution is 0.150. The summed E-state index contributed by atoms with van der Waals surface area (Å²) in [5.41, 5.74) is -2.12. The lowest BCUT2D eigenvalue weighted by Gasteiger charge is -2.14. The van der Waals surface area contributed by atoms with Gasteiger partial charge in [0.05, 0.1) is 29.7 Å². The number of sulfonamides is 1. The smallest absolute Gasteiger partial charge is 0.335 e. The normalized spacial score (nSPS) is 15.7. The third-order valence-corrected chi connectivity index (χ3v) is 7.57. The summed E-state index contributed by atoms with van der Waals surface area (Å²) in [5, 5.41) is 6.08. The number of benzene rings is 1. The second kappa shape index (κ2) is 8.20. The van der Waals surface area contributed by atoms with Crippen LogP contribution in [0.1, 0.15) is 24.3 Å². The third kappa shape index (κ3) is 3.93. The lowest BCUT2D eigenvalue weighted by Crippen LogP contribution is -2.38. The minimum absolute atomic E-state index is 0.00363. The Bertz CT molecular complexity index is 1330. The zero-order valence-corrected chi connectivity index (χ0v) is 18.2. The first kappa shape index (κ1) is 22.8. The van der Waals surface area contributed by atoms with Gasteiger partial charge < -0.3 is 4.74 Å². The molecule has 0 atom stereocenters. The van der Waals surface area contributed by atoms with Crippen molar-refractivity contribution in [2.24, 2.45) is 0 Å². The van der Waals surface area contributed by atoms with Gasteiger partial charge in [-0.25, -0.2) is 40.1 Å². The van der Waals surface area contributed by atoms with E-state index in [1.807, 2.05) is 0 Å². The Balaban J connectivity index is 1.92. The van der Waals surface area contributed by atoms with Crippen molar-refractivity contribution >= 4 is 32.4 Å². The van der Waals surface area contributed by atoms with Crippen molar-refractivity contribution in [2.75, 3.05) is 20.4 Å². The molecule has 9 nitrogen and oxygen atoms in total. The maximum absolute atomic E-state index is 14.9. The average Bonchev–Trinajstić information content (AvgIpc) is 3.22. The van der Waals surface area contributed by atoms with E-state index in [1.54, 1.807) is 0 Å². The van der Waals surface area contributed by atoms with Crippen LogP contribution in [0.4, 0.5) is 17.6 Å². The Morgan fingerprint density at radius 3 is 2.56 bits per heavy atom. The molecule has 1 saturated carbocycles. The van der Waals surface area contributed by atoms with Gasteiger partial charge in [-0.1, -0.05) is 11.3 Å². The monoisotopic (exact) mass is 495 g/mol. The number of aromatic nitrogens is 4. The number of halogens is 4. The van der Waals surface area contributed by atoms with Crippen LogP contribution in [-0.4, -0.2) is 53.7 Å². The molecular weight excluding hydrogens is 478 g/mol. The van der Waals surface area contributed by atoms with E-state index >= 15 is 0 Å². The lowest BCUT2D eigenvalue weighted by atomic mass is 10.3. The Labute approximate surface area is 182 Å². The minimum Gasteiger partial charge on any atom is -0.383 e. The van der Waals surface area contributed by atoms with Crippen molar-refractivity contribution in [3.63, 3.8) is 0 Å². The maximum Gasteiger partial charge on any atom is 0.335 e. The fraction of sp³-hybridized carbons (Fsp3) is 0.471. The second-order valence-electron chi connectivity index (χ2n) is 7.28. The molecule has 0 aliphatic heterocycles. The molecule has 15 heteroatoms. The van der Waals surface area contributed by atoms with E-state index in [0.29, 0.717) is 11.3 Å². The highest BCUT2D eigenvalue weighted by Crippen LogP contribution is 2.38. The number of hydrogen-bond donors (Lipinski definition) is 1. The van der Waals surface area contributed by atoms with Gasteiger partial charge in [0, 0.05) is 13.2 Å². The Kier molecular flexibility index (Phi) is 5.85. The number of fused-ring (bicyclic) bond motifs is 1. The molecule has 3 aromatic rings. The molecule has 1 fully saturated rings. The number of nitrogens with zero attached hydrogens (tertiary/aromatic N) is 4.